The van der Waals surface area contributed by atoms with E-state index in [-0.39, 0.29) is 12.4 Å². The van der Waals surface area contributed by atoms with Gasteiger partial charge in [-0.15, -0.1) is 12.4 Å². The van der Waals surface area contributed by atoms with Crippen LogP contribution in [0.1, 0.15) is 51.9 Å². The Bertz CT molecular complexity index is 268. The van der Waals surface area contributed by atoms with Crippen LogP contribution in [0.25, 0.3) is 0 Å². The van der Waals surface area contributed by atoms with Crippen molar-refractivity contribution in [3.8, 4) is 0 Å². The van der Waals surface area contributed by atoms with Crippen LogP contribution in [0.5, 0.6) is 0 Å². The van der Waals surface area contributed by atoms with Crippen LogP contribution in [0, 0.1) is 10.8 Å². The van der Waals surface area contributed by atoms with Gasteiger partial charge in [-0.3, -0.25) is 0 Å². The van der Waals surface area contributed by atoms with Gasteiger partial charge in [-0.25, -0.2) is 0 Å². The highest BCUT2D eigenvalue weighted by atomic mass is 35.5. The lowest BCUT2D eigenvalue weighted by Gasteiger charge is -2.35. The Labute approximate surface area is 118 Å². The van der Waals surface area contributed by atoms with E-state index in [9.17, 15) is 0 Å². The van der Waals surface area contributed by atoms with Crippen molar-refractivity contribution >= 4 is 12.4 Å². The third-order valence-corrected chi connectivity index (χ3v) is 5.49. The van der Waals surface area contributed by atoms with E-state index in [0.29, 0.717) is 5.41 Å². The Hall–Kier alpha value is 0.210. The molecule has 1 saturated carbocycles. The molecule has 1 aliphatic carbocycles. The van der Waals surface area contributed by atoms with Gasteiger partial charge in [0.1, 0.15) is 0 Å². The average molecular weight is 273 g/mol. The first-order valence-corrected chi connectivity index (χ1v) is 7.63. The molecule has 3 aliphatic rings. The van der Waals surface area contributed by atoms with Crippen molar-refractivity contribution in [2.45, 2.75) is 51.9 Å². The molecule has 1 unspecified atom stereocenters. The minimum absolute atomic E-state index is 0. The van der Waals surface area contributed by atoms with Crippen LogP contribution >= 0.6 is 12.4 Å². The molecule has 1 atom stereocenters. The van der Waals surface area contributed by atoms with Gasteiger partial charge >= 0.3 is 0 Å². The fraction of sp³-hybridized carbons (Fsp3) is 1.00. The van der Waals surface area contributed by atoms with Gasteiger partial charge in [-0.2, -0.15) is 0 Å². The number of nitrogens with zero attached hydrogens (tertiary/aromatic N) is 1. The number of halogens is 1. The topological polar surface area (TPSA) is 15.3 Å². The van der Waals surface area contributed by atoms with E-state index >= 15 is 0 Å². The Morgan fingerprint density at radius 3 is 2.50 bits per heavy atom. The third kappa shape index (κ3) is 3.02. The lowest BCUT2D eigenvalue weighted by molar-refractivity contribution is 0.156. The highest BCUT2D eigenvalue weighted by Gasteiger charge is 2.41. The summed E-state index contributed by atoms with van der Waals surface area (Å²) in [6.45, 7) is 9.05. The normalized spacial score (nSPS) is 35.8. The molecule has 1 spiro atoms. The second kappa shape index (κ2) is 5.68. The van der Waals surface area contributed by atoms with Gasteiger partial charge in [0.05, 0.1) is 0 Å². The van der Waals surface area contributed by atoms with E-state index in [0.717, 1.165) is 5.41 Å². The predicted octanol–water partition coefficient (Wildman–Crippen LogP) is 3.06. The molecule has 3 rings (SSSR count). The van der Waals surface area contributed by atoms with Crippen LogP contribution in [-0.4, -0.2) is 37.6 Å². The van der Waals surface area contributed by atoms with E-state index in [1.165, 1.54) is 77.7 Å². The molecule has 0 aromatic carbocycles. The predicted molar refractivity (Wildman–Crippen MR) is 79.4 cm³/mol. The minimum Gasteiger partial charge on any atom is -0.316 e. The number of likely N-dealkylation sites (tertiary alicyclic amines) is 1. The van der Waals surface area contributed by atoms with E-state index in [1.807, 2.05) is 0 Å². The summed E-state index contributed by atoms with van der Waals surface area (Å²) in [5, 5.41) is 3.53. The SMILES string of the molecule is CC1(CN2CCC3(CCCCC3)C2)CCNC1.Cl. The minimum atomic E-state index is 0. The molecule has 0 radical (unpaired) electrons. The largest absolute Gasteiger partial charge is 0.316 e. The molecule has 0 amide bonds. The summed E-state index contributed by atoms with van der Waals surface area (Å²) in [4.78, 5) is 2.78. The number of nitrogens with one attached hydrogen (secondary N) is 1. The summed E-state index contributed by atoms with van der Waals surface area (Å²) in [5.41, 5.74) is 1.29. The lowest BCUT2D eigenvalue weighted by atomic mass is 9.73. The Morgan fingerprint density at radius 1 is 1.06 bits per heavy atom. The highest BCUT2D eigenvalue weighted by molar-refractivity contribution is 5.85. The van der Waals surface area contributed by atoms with E-state index in [4.69, 9.17) is 0 Å². The smallest absolute Gasteiger partial charge is 0.00482 e. The van der Waals surface area contributed by atoms with Crippen LogP contribution in [0.2, 0.25) is 0 Å². The first-order valence-electron chi connectivity index (χ1n) is 7.63. The molecule has 0 aromatic heterocycles. The second-order valence-corrected chi connectivity index (χ2v) is 7.26. The van der Waals surface area contributed by atoms with Gasteiger partial charge in [0.15, 0.2) is 0 Å². The summed E-state index contributed by atoms with van der Waals surface area (Å²) in [5.74, 6) is 0. The highest BCUT2D eigenvalue weighted by Crippen LogP contribution is 2.44. The molecule has 106 valence electrons. The van der Waals surface area contributed by atoms with Gasteiger partial charge in [0.2, 0.25) is 0 Å². The van der Waals surface area contributed by atoms with Crippen molar-refractivity contribution < 1.29 is 0 Å². The van der Waals surface area contributed by atoms with Gasteiger partial charge in [-0.1, -0.05) is 26.2 Å². The lowest BCUT2D eigenvalue weighted by Crippen LogP contribution is -2.38. The van der Waals surface area contributed by atoms with Crippen LogP contribution in [0.15, 0.2) is 0 Å². The van der Waals surface area contributed by atoms with Crippen LogP contribution in [0.4, 0.5) is 0 Å². The van der Waals surface area contributed by atoms with E-state index < -0.39 is 0 Å². The zero-order valence-corrected chi connectivity index (χ0v) is 12.7. The van der Waals surface area contributed by atoms with Crippen molar-refractivity contribution in [1.29, 1.82) is 0 Å². The van der Waals surface area contributed by atoms with Gasteiger partial charge < -0.3 is 10.2 Å². The molecule has 2 aliphatic heterocycles. The molecule has 3 heteroatoms. The number of hydrogen-bond acceptors (Lipinski definition) is 2. The maximum Gasteiger partial charge on any atom is 0.00482 e. The van der Waals surface area contributed by atoms with Crippen molar-refractivity contribution in [3.05, 3.63) is 0 Å². The molecule has 2 heterocycles. The molecule has 1 N–H and O–H groups in total. The molecule has 3 fully saturated rings. The number of rotatable bonds is 2. The van der Waals surface area contributed by atoms with Gasteiger partial charge in [0, 0.05) is 19.6 Å². The fourth-order valence-electron chi connectivity index (χ4n) is 4.42. The van der Waals surface area contributed by atoms with Gasteiger partial charge in [-0.05, 0) is 49.6 Å². The van der Waals surface area contributed by atoms with Crippen LogP contribution in [0.3, 0.4) is 0 Å². The monoisotopic (exact) mass is 272 g/mol. The molecule has 0 bridgehead atoms. The summed E-state index contributed by atoms with van der Waals surface area (Å²) in [6.07, 6.45) is 10.4. The first kappa shape index (κ1) is 14.6. The second-order valence-electron chi connectivity index (χ2n) is 7.26. The molecule has 2 nitrogen and oxygen atoms in total. The summed E-state index contributed by atoms with van der Waals surface area (Å²) < 4.78 is 0. The molecule has 0 aromatic rings. The third-order valence-electron chi connectivity index (χ3n) is 5.49. The Balaban J connectivity index is 0.00000120. The summed E-state index contributed by atoms with van der Waals surface area (Å²) in [7, 11) is 0. The summed E-state index contributed by atoms with van der Waals surface area (Å²) >= 11 is 0. The zero-order valence-electron chi connectivity index (χ0n) is 11.8. The zero-order chi connectivity index (χ0) is 11.8. The Kier molecular flexibility index (Phi) is 4.61. The van der Waals surface area contributed by atoms with Crippen molar-refractivity contribution in [3.63, 3.8) is 0 Å². The van der Waals surface area contributed by atoms with Crippen molar-refractivity contribution in [1.82, 2.24) is 10.2 Å². The quantitative estimate of drug-likeness (QED) is 0.831. The molecule has 2 saturated heterocycles. The van der Waals surface area contributed by atoms with Crippen LogP contribution < -0.4 is 5.32 Å². The maximum atomic E-state index is 3.53. The standard InChI is InChI=1S/C15H28N2.ClH/c1-14(7-9-16-11-14)12-17-10-8-15(13-17)5-3-2-4-6-15;/h16H,2-13H2,1H3;1H. The number of hydrogen-bond donors (Lipinski definition) is 1. The van der Waals surface area contributed by atoms with E-state index in [2.05, 4.69) is 17.1 Å². The first-order chi connectivity index (χ1) is 8.20. The molecule has 18 heavy (non-hydrogen) atoms. The fourth-order valence-corrected chi connectivity index (χ4v) is 4.42. The molecular weight excluding hydrogens is 244 g/mol. The summed E-state index contributed by atoms with van der Waals surface area (Å²) in [6, 6.07) is 0. The van der Waals surface area contributed by atoms with E-state index in [1.54, 1.807) is 0 Å². The Morgan fingerprint density at radius 2 is 1.83 bits per heavy atom. The van der Waals surface area contributed by atoms with Crippen molar-refractivity contribution in [2.75, 3.05) is 32.7 Å². The van der Waals surface area contributed by atoms with Gasteiger partial charge in [0.25, 0.3) is 0 Å². The average Bonchev–Trinajstić information content (AvgIpc) is 2.89. The van der Waals surface area contributed by atoms with Crippen molar-refractivity contribution in [2.24, 2.45) is 10.8 Å². The molecular formula is C15H29ClN2. The maximum absolute atomic E-state index is 3.53. The van der Waals surface area contributed by atoms with Crippen LogP contribution in [-0.2, 0) is 0 Å².